The molecular formula is C37H47N5O6S. The Bertz CT molecular complexity index is 1640. The largest absolute Gasteiger partial charge is 0.490 e. The van der Waals surface area contributed by atoms with Crippen LogP contribution in [0.4, 0.5) is 0 Å². The predicted octanol–water partition coefficient (Wildman–Crippen LogP) is 4.08. The second-order valence-corrected chi connectivity index (χ2v) is 15.2. The minimum Gasteiger partial charge on any atom is -0.490 e. The van der Waals surface area contributed by atoms with Crippen molar-refractivity contribution in [1.82, 2.24) is 25.8 Å². The van der Waals surface area contributed by atoms with E-state index in [2.05, 4.69) is 20.9 Å². The van der Waals surface area contributed by atoms with E-state index in [1.165, 1.54) is 11.8 Å². The van der Waals surface area contributed by atoms with Gasteiger partial charge in [0, 0.05) is 38.8 Å². The maximum Gasteiger partial charge on any atom is 0.246 e. The molecule has 0 spiro atoms. The molecule has 1 aromatic heterocycles. The molecule has 0 unspecified atom stereocenters. The van der Waals surface area contributed by atoms with Gasteiger partial charge in [0.25, 0.3) is 0 Å². The highest BCUT2D eigenvalue weighted by molar-refractivity contribution is 7.13. The summed E-state index contributed by atoms with van der Waals surface area (Å²) in [5.41, 5.74) is 4.85. The lowest BCUT2D eigenvalue weighted by Crippen LogP contribution is -2.58. The van der Waals surface area contributed by atoms with Crippen molar-refractivity contribution in [3.63, 3.8) is 0 Å². The van der Waals surface area contributed by atoms with E-state index in [1.807, 2.05) is 88.7 Å². The third-order valence-electron chi connectivity index (χ3n) is 9.15. The van der Waals surface area contributed by atoms with Crippen LogP contribution < -0.4 is 20.7 Å². The lowest BCUT2D eigenvalue weighted by atomic mass is 9.85. The number of aromatic nitrogens is 1. The molecule has 262 valence electrons. The first kappa shape index (κ1) is 36.0. The Labute approximate surface area is 291 Å². The number of thiazole rings is 1. The lowest BCUT2D eigenvalue weighted by molar-refractivity contribution is -0.144. The molecule has 11 nitrogen and oxygen atoms in total. The van der Waals surface area contributed by atoms with Crippen LogP contribution in [0.2, 0.25) is 0 Å². The van der Waals surface area contributed by atoms with Gasteiger partial charge in [0.2, 0.25) is 23.6 Å². The number of aryl methyl sites for hydroxylation is 1. The van der Waals surface area contributed by atoms with Crippen molar-refractivity contribution in [2.24, 2.45) is 5.41 Å². The number of hydrogen-bond acceptors (Lipinski definition) is 8. The predicted molar refractivity (Wildman–Crippen MR) is 188 cm³/mol. The van der Waals surface area contributed by atoms with Gasteiger partial charge in [-0.25, -0.2) is 4.98 Å². The number of carbonyl (C=O) groups excluding carboxylic acids is 4. The number of aliphatic hydroxyl groups excluding tert-OH is 1. The highest BCUT2D eigenvalue weighted by Gasteiger charge is 2.44. The van der Waals surface area contributed by atoms with Crippen LogP contribution in [0.5, 0.6) is 5.75 Å². The first-order valence-corrected chi connectivity index (χ1v) is 17.7. The first-order chi connectivity index (χ1) is 23.2. The van der Waals surface area contributed by atoms with Crippen molar-refractivity contribution in [2.75, 3.05) is 6.54 Å². The molecule has 1 aliphatic carbocycles. The molecule has 2 fully saturated rings. The molecule has 2 aromatic carbocycles. The molecule has 0 bridgehead atoms. The smallest absolute Gasteiger partial charge is 0.246 e. The third-order valence-corrected chi connectivity index (χ3v) is 10.1. The van der Waals surface area contributed by atoms with Crippen LogP contribution >= 0.6 is 11.3 Å². The van der Waals surface area contributed by atoms with Crippen molar-refractivity contribution >= 4 is 35.0 Å². The average Bonchev–Trinajstić information content (AvgIpc) is 3.64. The molecule has 3 aromatic rings. The molecule has 1 aliphatic heterocycles. The summed E-state index contributed by atoms with van der Waals surface area (Å²) in [6, 6.07) is 13.2. The van der Waals surface area contributed by atoms with Crippen LogP contribution in [0.3, 0.4) is 0 Å². The van der Waals surface area contributed by atoms with E-state index in [4.69, 9.17) is 4.74 Å². The van der Waals surface area contributed by atoms with Crippen molar-refractivity contribution in [1.29, 1.82) is 0 Å². The Morgan fingerprint density at radius 3 is 2.29 bits per heavy atom. The quantitative estimate of drug-likeness (QED) is 0.237. The third kappa shape index (κ3) is 9.04. The number of nitrogens with one attached hydrogen (secondary N) is 3. The Morgan fingerprint density at radius 1 is 1.02 bits per heavy atom. The number of ether oxygens (including phenoxy) is 1. The molecule has 2 aliphatic rings. The number of benzene rings is 2. The zero-order valence-electron chi connectivity index (χ0n) is 29.0. The van der Waals surface area contributed by atoms with E-state index in [-0.39, 0.29) is 55.3 Å². The summed E-state index contributed by atoms with van der Waals surface area (Å²) < 4.78 is 5.97. The second-order valence-electron chi connectivity index (χ2n) is 14.3. The van der Waals surface area contributed by atoms with Gasteiger partial charge in [-0.1, -0.05) is 57.2 Å². The van der Waals surface area contributed by atoms with Gasteiger partial charge in [-0.05, 0) is 48.1 Å². The van der Waals surface area contributed by atoms with Crippen LogP contribution in [-0.2, 0) is 25.6 Å². The molecule has 4 amide bonds. The van der Waals surface area contributed by atoms with Gasteiger partial charge in [0.15, 0.2) is 0 Å². The van der Waals surface area contributed by atoms with Crippen molar-refractivity contribution < 1.29 is 29.0 Å². The average molecular weight is 690 g/mol. The Balaban J connectivity index is 1.18. The lowest BCUT2D eigenvalue weighted by Gasteiger charge is -2.35. The molecule has 0 radical (unpaired) electrons. The fourth-order valence-electron chi connectivity index (χ4n) is 6.36. The SMILES string of the molecule is CC(=O)NC1CC(Oc2ccc(CC(=O)N[C@H](C(=O)N3C[C@H](O)C[C@H]3C(=O)N[C@@H](C)c3ccc(-c4scnc4C)cc3)C(C)(C)C)cc2)C1. The van der Waals surface area contributed by atoms with Crippen molar-refractivity contribution in [3.8, 4) is 16.2 Å². The van der Waals surface area contributed by atoms with Crippen molar-refractivity contribution in [3.05, 3.63) is 70.9 Å². The van der Waals surface area contributed by atoms with Crippen LogP contribution in [0.15, 0.2) is 54.0 Å². The fourth-order valence-corrected chi connectivity index (χ4v) is 7.17. The number of amides is 4. The van der Waals surface area contributed by atoms with E-state index in [1.54, 1.807) is 11.3 Å². The second kappa shape index (κ2) is 15.1. The van der Waals surface area contributed by atoms with Crippen LogP contribution in [0.1, 0.15) is 76.7 Å². The Morgan fingerprint density at radius 2 is 1.69 bits per heavy atom. The van der Waals surface area contributed by atoms with Gasteiger partial charge >= 0.3 is 0 Å². The summed E-state index contributed by atoms with van der Waals surface area (Å²) in [6.45, 7) is 10.9. The molecule has 49 heavy (non-hydrogen) atoms. The minimum atomic E-state index is -0.918. The summed E-state index contributed by atoms with van der Waals surface area (Å²) in [6.07, 6.45) is 0.854. The monoisotopic (exact) mass is 689 g/mol. The number of rotatable bonds is 11. The van der Waals surface area contributed by atoms with Crippen LogP contribution in [0, 0.1) is 12.3 Å². The number of nitrogens with zero attached hydrogens (tertiary/aromatic N) is 2. The number of aliphatic hydroxyl groups is 1. The maximum atomic E-state index is 14.0. The fraction of sp³-hybridized carbons (Fsp3) is 0.486. The highest BCUT2D eigenvalue weighted by atomic mass is 32.1. The topological polar surface area (TPSA) is 150 Å². The summed E-state index contributed by atoms with van der Waals surface area (Å²) >= 11 is 1.58. The van der Waals surface area contributed by atoms with E-state index in [0.717, 1.165) is 40.1 Å². The normalized spacial score (nSPS) is 21.7. The maximum absolute atomic E-state index is 14.0. The molecule has 5 rings (SSSR count). The summed E-state index contributed by atoms with van der Waals surface area (Å²) in [5.74, 6) is -0.446. The summed E-state index contributed by atoms with van der Waals surface area (Å²) in [4.78, 5) is 58.9. The van der Waals surface area contributed by atoms with Gasteiger partial charge in [-0.15, -0.1) is 11.3 Å². The van der Waals surface area contributed by atoms with Gasteiger partial charge in [0.1, 0.15) is 23.9 Å². The Kier molecular flexibility index (Phi) is 11.1. The molecule has 1 saturated carbocycles. The van der Waals surface area contributed by atoms with E-state index < -0.39 is 29.5 Å². The zero-order chi connectivity index (χ0) is 35.5. The first-order valence-electron chi connectivity index (χ1n) is 16.8. The molecule has 12 heteroatoms. The summed E-state index contributed by atoms with van der Waals surface area (Å²) in [5, 5.41) is 19.4. The number of hydrogen-bond donors (Lipinski definition) is 4. The molecule has 4 N–H and O–H groups in total. The van der Waals surface area contributed by atoms with Gasteiger partial charge in [0.05, 0.1) is 34.6 Å². The van der Waals surface area contributed by atoms with E-state index >= 15 is 0 Å². The number of likely N-dealkylation sites (tertiary alicyclic amines) is 1. The van der Waals surface area contributed by atoms with Gasteiger partial charge in [-0.2, -0.15) is 0 Å². The molecule has 2 heterocycles. The van der Waals surface area contributed by atoms with E-state index in [9.17, 15) is 24.3 Å². The van der Waals surface area contributed by atoms with Crippen LogP contribution in [0.25, 0.3) is 10.4 Å². The van der Waals surface area contributed by atoms with Gasteiger partial charge < -0.3 is 30.7 Å². The van der Waals surface area contributed by atoms with E-state index in [0.29, 0.717) is 5.75 Å². The highest BCUT2D eigenvalue weighted by Crippen LogP contribution is 2.30. The number of carbonyl (C=O) groups is 4. The van der Waals surface area contributed by atoms with Crippen LogP contribution in [-0.4, -0.2) is 75.5 Å². The molecule has 1 saturated heterocycles. The zero-order valence-corrected chi connectivity index (χ0v) is 29.8. The number of β-amino-alcohol motifs (C(OH)–C–C–N with tert-alkyl or cyclic N) is 1. The van der Waals surface area contributed by atoms with Gasteiger partial charge in [-0.3, -0.25) is 19.2 Å². The minimum absolute atomic E-state index is 0.00463. The molecule has 4 atom stereocenters. The van der Waals surface area contributed by atoms with Crippen molar-refractivity contribution in [2.45, 2.75) is 104 Å². The molecular weight excluding hydrogens is 643 g/mol. The Hall–Kier alpha value is -4.29. The summed E-state index contributed by atoms with van der Waals surface area (Å²) in [7, 11) is 0. The standard InChI is InChI=1S/C37H47N5O6S/c1-21(25-9-11-26(12-10-25)33-22(2)38-20-49-33)39-35(46)31-18-28(44)19-42(31)36(47)34(37(4,5)6)41-32(45)15-24-7-13-29(14-8-24)48-30-16-27(17-30)40-23(3)43/h7-14,20-21,27-28,30-31,34,44H,15-19H2,1-6H3,(H,39,46)(H,40,43)(H,41,45)/t21-,27?,28+,30?,31-,34+/m0/s1.